The number of hydrogen-bond acceptors (Lipinski definition) is 2. The van der Waals surface area contributed by atoms with E-state index in [2.05, 4.69) is 94.7 Å². The van der Waals surface area contributed by atoms with Gasteiger partial charge < -0.3 is 9.16 Å². The van der Waals surface area contributed by atoms with Crippen LogP contribution >= 0.6 is 0 Å². The van der Waals surface area contributed by atoms with Crippen LogP contribution in [0.4, 0.5) is 0 Å². The summed E-state index contributed by atoms with van der Waals surface area (Å²) in [6.07, 6.45) is 6.81. The molecule has 1 rings (SSSR count). The molecule has 31 heavy (non-hydrogen) atoms. The summed E-state index contributed by atoms with van der Waals surface area (Å²) in [4.78, 5) is 0. The highest BCUT2D eigenvalue weighted by Crippen LogP contribution is 2.46. The monoisotopic (exact) mass is 466 g/mol. The molecule has 0 aliphatic heterocycles. The molecule has 0 saturated heterocycles. The lowest BCUT2D eigenvalue weighted by Crippen LogP contribution is -2.47. The van der Waals surface area contributed by atoms with E-state index >= 15 is 0 Å². The van der Waals surface area contributed by atoms with Crippen LogP contribution in [-0.4, -0.2) is 22.7 Å². The molecule has 182 valence electrons. The van der Waals surface area contributed by atoms with Gasteiger partial charge in [-0.1, -0.05) is 87.2 Å². The predicted octanol–water partition coefficient (Wildman–Crippen LogP) is 9.47. The minimum atomic E-state index is -1.94. The Labute approximate surface area is 197 Å². The maximum absolute atomic E-state index is 6.80. The largest absolute Gasteiger partial charge is 0.476 e. The quantitative estimate of drug-likeness (QED) is 0.146. The van der Waals surface area contributed by atoms with Crippen molar-refractivity contribution in [3.8, 4) is 0 Å². The molecule has 0 spiro atoms. The zero-order valence-corrected chi connectivity index (χ0v) is 25.1. The number of hydrogen-bond donors (Lipinski definition) is 0. The molecule has 0 heterocycles. The first-order valence-electron chi connectivity index (χ1n) is 12.4. The van der Waals surface area contributed by atoms with Gasteiger partial charge in [0.15, 0.2) is 14.6 Å². The third-order valence-corrected chi connectivity index (χ3v) is 18.5. The summed E-state index contributed by atoms with van der Waals surface area (Å²) in [6.45, 7) is 36.9. The second-order valence-corrected chi connectivity index (χ2v) is 23.8. The lowest BCUT2D eigenvalue weighted by atomic mass is 9.65. The smallest absolute Gasteiger partial charge is 0.196 e. The van der Waals surface area contributed by atoms with Gasteiger partial charge in [-0.2, -0.15) is 0 Å². The van der Waals surface area contributed by atoms with Crippen molar-refractivity contribution < 1.29 is 9.16 Å². The van der Waals surface area contributed by atoms with Gasteiger partial charge in [-0.3, -0.25) is 0 Å². The van der Waals surface area contributed by atoms with Gasteiger partial charge in [-0.05, 0) is 66.6 Å². The van der Waals surface area contributed by atoms with Crippen LogP contribution in [0.1, 0.15) is 93.9 Å². The van der Waals surface area contributed by atoms with Gasteiger partial charge in [-0.25, -0.2) is 0 Å². The summed E-state index contributed by atoms with van der Waals surface area (Å²) in [5, 5.41) is 1.34. The molecule has 0 bridgehead atoms. The van der Waals surface area contributed by atoms with E-state index in [1.807, 2.05) is 0 Å². The first-order chi connectivity index (χ1) is 13.7. The molecule has 2 nitrogen and oxygen atoms in total. The third kappa shape index (κ3) is 7.33. The maximum atomic E-state index is 6.80. The van der Waals surface area contributed by atoms with E-state index in [9.17, 15) is 0 Å². The van der Waals surface area contributed by atoms with Crippen LogP contribution in [0.25, 0.3) is 0 Å². The van der Waals surface area contributed by atoms with Gasteiger partial charge in [0.05, 0.1) is 5.38 Å². The van der Waals surface area contributed by atoms with Gasteiger partial charge in [0.1, 0.15) is 8.07 Å². The zero-order chi connectivity index (χ0) is 24.5. The van der Waals surface area contributed by atoms with Crippen molar-refractivity contribution in [1.82, 2.24) is 0 Å². The first-order valence-corrected chi connectivity index (χ1v) is 18.3. The highest BCUT2D eigenvalue weighted by atomic mass is 28.4. The molecule has 1 saturated carbocycles. The van der Waals surface area contributed by atoms with Crippen molar-refractivity contribution in [2.45, 2.75) is 136 Å². The van der Waals surface area contributed by atoms with Gasteiger partial charge in [0.2, 0.25) is 0 Å². The molecule has 0 radical (unpaired) electrons. The Hall–Kier alpha value is -0.326. The fraction of sp³-hybridized carbons (Fsp3) is 0.852. The molecule has 1 aliphatic carbocycles. The Kier molecular flexibility index (Phi) is 9.16. The van der Waals surface area contributed by atoms with Crippen molar-refractivity contribution in [1.29, 1.82) is 0 Å². The van der Waals surface area contributed by atoms with Crippen LogP contribution in [-0.2, 0) is 9.16 Å². The van der Waals surface area contributed by atoms with Crippen molar-refractivity contribution in [3.63, 3.8) is 0 Å². The van der Waals surface area contributed by atoms with Crippen LogP contribution in [0.15, 0.2) is 24.1 Å². The maximum Gasteiger partial charge on any atom is 0.196 e. The van der Waals surface area contributed by atoms with Crippen LogP contribution in [0.5, 0.6) is 0 Å². The zero-order valence-electron chi connectivity index (χ0n) is 23.1. The predicted molar refractivity (Wildman–Crippen MR) is 144 cm³/mol. The molecule has 0 aromatic carbocycles. The molecule has 0 N–H and O–H groups in total. The van der Waals surface area contributed by atoms with E-state index in [0.717, 1.165) is 18.2 Å². The van der Waals surface area contributed by atoms with Crippen LogP contribution in [0.3, 0.4) is 0 Å². The Bertz CT molecular complexity index is 633. The molecule has 1 fully saturated rings. The number of rotatable bonds is 9. The van der Waals surface area contributed by atoms with Crippen molar-refractivity contribution in [2.24, 2.45) is 11.3 Å². The lowest BCUT2D eigenvalue weighted by molar-refractivity contribution is -0.0541. The SMILES string of the molecule is C=C1CCCC(C)(C)C1CCCC(OC(=C)[Si](C)(C)C(C)(C)C)O[Si](C)(C)C(C)(C)C. The Balaban J connectivity index is 2.95. The Morgan fingerprint density at radius 3 is 2.06 bits per heavy atom. The molecule has 0 aromatic rings. The Morgan fingerprint density at radius 1 is 1.06 bits per heavy atom. The van der Waals surface area contributed by atoms with Gasteiger partial charge >= 0.3 is 0 Å². The van der Waals surface area contributed by atoms with E-state index < -0.39 is 16.4 Å². The van der Waals surface area contributed by atoms with E-state index in [1.54, 1.807) is 0 Å². The van der Waals surface area contributed by atoms with Crippen LogP contribution in [0.2, 0.25) is 36.3 Å². The summed E-state index contributed by atoms with van der Waals surface area (Å²) in [5.41, 5.74) is 1.81. The van der Waals surface area contributed by atoms with Crippen LogP contribution < -0.4 is 0 Å². The highest BCUT2D eigenvalue weighted by molar-refractivity contribution is 6.86. The van der Waals surface area contributed by atoms with Crippen molar-refractivity contribution >= 4 is 16.4 Å². The van der Waals surface area contributed by atoms with E-state index in [0.29, 0.717) is 11.3 Å². The summed E-state index contributed by atoms with van der Waals surface area (Å²) in [5.74, 6) is 0.610. The van der Waals surface area contributed by atoms with E-state index in [1.165, 1.54) is 31.3 Å². The van der Waals surface area contributed by atoms with Gasteiger partial charge in [0, 0.05) is 6.42 Å². The molecule has 1 aliphatic rings. The summed E-state index contributed by atoms with van der Waals surface area (Å²) in [6, 6.07) is 0. The van der Waals surface area contributed by atoms with E-state index in [4.69, 9.17) is 9.16 Å². The van der Waals surface area contributed by atoms with E-state index in [-0.39, 0.29) is 16.4 Å². The molecule has 0 amide bonds. The first kappa shape index (κ1) is 28.7. The minimum absolute atomic E-state index is 0.159. The topological polar surface area (TPSA) is 18.5 Å². The molecular weight excluding hydrogens is 412 g/mol. The molecule has 2 unspecified atom stereocenters. The summed E-state index contributed by atoms with van der Waals surface area (Å²) >= 11 is 0. The third-order valence-electron chi connectivity index (χ3n) is 8.77. The number of ether oxygens (including phenoxy) is 1. The fourth-order valence-corrected chi connectivity index (χ4v) is 6.57. The lowest BCUT2D eigenvalue weighted by Gasteiger charge is -2.43. The van der Waals surface area contributed by atoms with Gasteiger partial charge in [0.25, 0.3) is 0 Å². The van der Waals surface area contributed by atoms with Crippen molar-refractivity contribution in [3.05, 3.63) is 24.1 Å². The molecule has 0 aromatic heterocycles. The van der Waals surface area contributed by atoms with Gasteiger partial charge in [-0.15, -0.1) is 0 Å². The molecule has 2 atom stereocenters. The van der Waals surface area contributed by atoms with Crippen LogP contribution in [0, 0.1) is 11.3 Å². The Morgan fingerprint density at radius 2 is 1.61 bits per heavy atom. The average molecular weight is 467 g/mol. The summed E-state index contributed by atoms with van der Waals surface area (Å²) < 4.78 is 13.4. The second kappa shape index (κ2) is 9.89. The highest BCUT2D eigenvalue weighted by Gasteiger charge is 2.43. The second-order valence-electron chi connectivity index (χ2n) is 13.7. The standard InChI is InChI=1S/C27H54O2Si2/c1-21-17-16-20-27(9,10)23(21)18-15-19-24(29-31(13,14)26(6,7)8)28-22(2)30(11,12)25(3,4)5/h23-24H,1-2,15-20H2,3-14H3. The molecule has 4 heteroatoms. The number of allylic oxidation sites excluding steroid dienone is 1. The van der Waals surface area contributed by atoms with Crippen molar-refractivity contribution in [2.75, 3.05) is 0 Å². The minimum Gasteiger partial charge on any atom is -0.476 e. The summed E-state index contributed by atoms with van der Waals surface area (Å²) in [7, 11) is -3.73. The molecular formula is C27H54O2Si2. The fourth-order valence-electron chi connectivity index (χ4n) is 4.13. The normalized spacial score (nSPS) is 21.7. The average Bonchev–Trinajstić information content (AvgIpc) is 2.54.